The fourth-order valence-electron chi connectivity index (χ4n) is 3.39. The van der Waals surface area contributed by atoms with Gasteiger partial charge in [0, 0.05) is 37.6 Å². The third-order valence-corrected chi connectivity index (χ3v) is 4.71. The minimum absolute atomic E-state index is 0.0915. The monoisotopic (exact) mass is 254 g/mol. The van der Waals surface area contributed by atoms with Crippen LogP contribution >= 0.6 is 0 Å². The fourth-order valence-corrected chi connectivity index (χ4v) is 3.39. The molecule has 1 aliphatic heterocycles. The number of amides is 1. The molecule has 0 radical (unpaired) electrons. The number of rotatable bonds is 3. The van der Waals surface area contributed by atoms with Gasteiger partial charge < -0.3 is 15.7 Å². The molecule has 1 aliphatic carbocycles. The quantitative estimate of drug-likeness (QED) is 0.789. The molecular formula is C14H26N2O2. The number of hydrogen-bond donors (Lipinski definition) is 2. The van der Waals surface area contributed by atoms with E-state index in [4.69, 9.17) is 10.8 Å². The lowest BCUT2D eigenvalue weighted by molar-refractivity contribution is -0.136. The summed E-state index contributed by atoms with van der Waals surface area (Å²) in [5.41, 5.74) is 6.00. The first kappa shape index (κ1) is 13.8. The highest BCUT2D eigenvalue weighted by molar-refractivity contribution is 5.79. The first-order valence-corrected chi connectivity index (χ1v) is 7.27. The molecule has 4 atom stereocenters. The molecule has 1 saturated carbocycles. The Labute approximate surface area is 110 Å². The van der Waals surface area contributed by atoms with Crippen LogP contribution in [0.25, 0.3) is 0 Å². The Morgan fingerprint density at radius 1 is 1.44 bits per heavy atom. The van der Waals surface area contributed by atoms with Crippen LogP contribution in [0.3, 0.4) is 0 Å². The van der Waals surface area contributed by atoms with Crippen LogP contribution in [0.4, 0.5) is 0 Å². The van der Waals surface area contributed by atoms with Crippen molar-refractivity contribution in [2.75, 3.05) is 19.7 Å². The molecule has 1 saturated heterocycles. The van der Waals surface area contributed by atoms with E-state index >= 15 is 0 Å². The number of hydrogen-bond acceptors (Lipinski definition) is 3. The average Bonchev–Trinajstić information content (AvgIpc) is 2.85. The number of aliphatic hydroxyl groups is 1. The normalized spacial score (nSPS) is 34.6. The average molecular weight is 254 g/mol. The number of nitrogens with zero attached hydrogens (tertiary/aromatic N) is 1. The third-order valence-electron chi connectivity index (χ3n) is 4.71. The predicted molar refractivity (Wildman–Crippen MR) is 70.9 cm³/mol. The molecule has 1 heterocycles. The Morgan fingerprint density at radius 3 is 2.83 bits per heavy atom. The van der Waals surface area contributed by atoms with Crippen molar-refractivity contribution < 1.29 is 9.90 Å². The minimum Gasteiger partial charge on any atom is -0.396 e. The van der Waals surface area contributed by atoms with E-state index in [-0.39, 0.29) is 30.4 Å². The van der Waals surface area contributed by atoms with Crippen molar-refractivity contribution in [3.8, 4) is 0 Å². The Hall–Kier alpha value is -0.610. The van der Waals surface area contributed by atoms with E-state index in [0.717, 1.165) is 45.2 Å². The van der Waals surface area contributed by atoms with Gasteiger partial charge in [-0.3, -0.25) is 4.79 Å². The molecule has 4 heteroatoms. The number of carbonyl (C=O) groups excluding carboxylic acids is 1. The molecule has 0 bridgehead atoms. The standard InChI is InChI=1S/C14H26N2O2/c1-10(12-3-2-4-13(15)7-12)14(18)16-6-5-11(8-16)9-17/h10-13,17H,2-9,15H2,1H3. The van der Waals surface area contributed by atoms with E-state index in [1.165, 1.54) is 0 Å². The molecule has 0 aromatic carbocycles. The number of likely N-dealkylation sites (tertiary alicyclic amines) is 1. The van der Waals surface area contributed by atoms with Crippen LogP contribution in [0.2, 0.25) is 0 Å². The zero-order chi connectivity index (χ0) is 13.1. The molecular weight excluding hydrogens is 228 g/mol. The second-order valence-corrected chi connectivity index (χ2v) is 6.10. The van der Waals surface area contributed by atoms with E-state index in [2.05, 4.69) is 6.92 Å². The molecule has 0 aromatic heterocycles. The summed E-state index contributed by atoms with van der Waals surface area (Å²) >= 11 is 0. The summed E-state index contributed by atoms with van der Waals surface area (Å²) in [5.74, 6) is 1.10. The van der Waals surface area contributed by atoms with Gasteiger partial charge in [-0.2, -0.15) is 0 Å². The van der Waals surface area contributed by atoms with E-state index in [0.29, 0.717) is 5.92 Å². The zero-order valence-corrected chi connectivity index (χ0v) is 11.3. The van der Waals surface area contributed by atoms with Gasteiger partial charge in [0.2, 0.25) is 5.91 Å². The van der Waals surface area contributed by atoms with Crippen LogP contribution in [0.5, 0.6) is 0 Å². The largest absolute Gasteiger partial charge is 0.396 e. The lowest BCUT2D eigenvalue weighted by Gasteiger charge is -2.32. The zero-order valence-electron chi connectivity index (χ0n) is 11.3. The van der Waals surface area contributed by atoms with Crippen LogP contribution in [-0.2, 0) is 4.79 Å². The van der Waals surface area contributed by atoms with E-state index < -0.39 is 0 Å². The van der Waals surface area contributed by atoms with Crippen molar-refractivity contribution in [2.45, 2.75) is 45.1 Å². The van der Waals surface area contributed by atoms with Gasteiger partial charge in [-0.25, -0.2) is 0 Å². The molecule has 1 amide bonds. The van der Waals surface area contributed by atoms with Gasteiger partial charge in [0.15, 0.2) is 0 Å². The maximum atomic E-state index is 12.4. The van der Waals surface area contributed by atoms with Gasteiger partial charge in [0.1, 0.15) is 0 Å². The van der Waals surface area contributed by atoms with E-state index in [1.54, 1.807) is 0 Å². The highest BCUT2D eigenvalue weighted by Gasteiger charge is 2.33. The minimum atomic E-state index is 0.0915. The molecule has 4 nitrogen and oxygen atoms in total. The second kappa shape index (κ2) is 6.02. The first-order valence-electron chi connectivity index (χ1n) is 7.27. The lowest BCUT2D eigenvalue weighted by Crippen LogP contribution is -2.40. The van der Waals surface area contributed by atoms with Gasteiger partial charge >= 0.3 is 0 Å². The molecule has 18 heavy (non-hydrogen) atoms. The Morgan fingerprint density at radius 2 is 2.22 bits per heavy atom. The summed E-state index contributed by atoms with van der Waals surface area (Å²) in [6, 6.07) is 0.280. The van der Waals surface area contributed by atoms with Crippen molar-refractivity contribution in [3.05, 3.63) is 0 Å². The van der Waals surface area contributed by atoms with Crippen LogP contribution in [-0.4, -0.2) is 41.7 Å². The maximum Gasteiger partial charge on any atom is 0.225 e. The fraction of sp³-hybridized carbons (Fsp3) is 0.929. The topological polar surface area (TPSA) is 66.6 Å². The highest BCUT2D eigenvalue weighted by atomic mass is 16.3. The molecule has 2 fully saturated rings. The van der Waals surface area contributed by atoms with Crippen LogP contribution in [0.15, 0.2) is 0 Å². The SMILES string of the molecule is CC(C(=O)N1CCC(CO)C1)C1CCCC(N)C1. The van der Waals surface area contributed by atoms with Gasteiger partial charge in [-0.1, -0.05) is 13.3 Å². The summed E-state index contributed by atoms with van der Waals surface area (Å²) in [5, 5.41) is 9.13. The summed E-state index contributed by atoms with van der Waals surface area (Å²) in [4.78, 5) is 14.4. The first-order chi connectivity index (χ1) is 8.61. The van der Waals surface area contributed by atoms with Crippen molar-refractivity contribution in [3.63, 3.8) is 0 Å². The highest BCUT2D eigenvalue weighted by Crippen LogP contribution is 2.31. The molecule has 0 spiro atoms. The van der Waals surface area contributed by atoms with Crippen molar-refractivity contribution in [2.24, 2.45) is 23.5 Å². The summed E-state index contributed by atoms with van der Waals surface area (Å²) < 4.78 is 0. The maximum absolute atomic E-state index is 12.4. The lowest BCUT2D eigenvalue weighted by atomic mass is 9.78. The molecule has 2 aliphatic rings. The Kier molecular flexibility index (Phi) is 4.62. The second-order valence-electron chi connectivity index (χ2n) is 6.10. The van der Waals surface area contributed by atoms with E-state index in [9.17, 15) is 4.79 Å². The number of aliphatic hydroxyl groups excluding tert-OH is 1. The van der Waals surface area contributed by atoms with Crippen molar-refractivity contribution in [1.82, 2.24) is 4.90 Å². The van der Waals surface area contributed by atoms with Crippen molar-refractivity contribution in [1.29, 1.82) is 0 Å². The van der Waals surface area contributed by atoms with Crippen molar-refractivity contribution >= 4 is 5.91 Å². The van der Waals surface area contributed by atoms with Gasteiger partial charge in [0.05, 0.1) is 0 Å². The number of nitrogens with two attached hydrogens (primary N) is 1. The molecule has 2 rings (SSSR count). The molecule has 3 N–H and O–H groups in total. The summed E-state index contributed by atoms with van der Waals surface area (Å²) in [7, 11) is 0. The molecule has 4 unspecified atom stereocenters. The Balaban J connectivity index is 1.88. The smallest absolute Gasteiger partial charge is 0.225 e. The van der Waals surface area contributed by atoms with Crippen LogP contribution in [0, 0.1) is 17.8 Å². The molecule has 0 aromatic rings. The molecule has 104 valence electrons. The predicted octanol–water partition coefficient (Wildman–Crippen LogP) is 0.981. The van der Waals surface area contributed by atoms with Gasteiger partial charge in [-0.05, 0) is 31.6 Å². The third kappa shape index (κ3) is 3.04. The summed E-state index contributed by atoms with van der Waals surface area (Å²) in [6.45, 7) is 3.80. The van der Waals surface area contributed by atoms with E-state index in [1.807, 2.05) is 4.90 Å². The number of carbonyl (C=O) groups is 1. The summed E-state index contributed by atoms with van der Waals surface area (Å²) in [6.07, 6.45) is 5.33. The van der Waals surface area contributed by atoms with Crippen LogP contribution < -0.4 is 5.73 Å². The Bertz CT molecular complexity index is 296. The van der Waals surface area contributed by atoms with Crippen LogP contribution in [0.1, 0.15) is 39.0 Å². The van der Waals surface area contributed by atoms with Gasteiger partial charge in [0.25, 0.3) is 0 Å². The van der Waals surface area contributed by atoms with Gasteiger partial charge in [-0.15, -0.1) is 0 Å².